The molecule has 3 atom stereocenters. The van der Waals surface area contributed by atoms with Gasteiger partial charge in [0.1, 0.15) is 5.82 Å². The number of rotatable bonds is 2. The number of carbonyl (C=O) groups is 4. The molecule has 0 radical (unpaired) electrons. The van der Waals surface area contributed by atoms with E-state index in [9.17, 15) is 23.6 Å². The first-order valence-electron chi connectivity index (χ1n) is 19.2. The van der Waals surface area contributed by atoms with Gasteiger partial charge >= 0.3 is 0 Å². The van der Waals surface area contributed by atoms with Crippen LogP contribution < -0.4 is 10.6 Å². The number of amides is 4. The average Bonchev–Trinajstić information content (AvgIpc) is 3.83. The maximum atomic E-state index is 14.1. The molecule has 1 aliphatic carbocycles. The smallest absolute Gasteiger partial charge is 0.253 e. The largest absolute Gasteiger partial charge is 0.356 e. The molecule has 11 heteroatoms. The Bertz CT molecular complexity index is 1350. The highest BCUT2D eigenvalue weighted by molar-refractivity contribution is 5.94. The first-order valence-corrected chi connectivity index (χ1v) is 19.2. The van der Waals surface area contributed by atoms with Crippen LogP contribution in [0.2, 0.25) is 0 Å². The zero-order chi connectivity index (χ0) is 34.0. The van der Waals surface area contributed by atoms with Gasteiger partial charge in [0.2, 0.25) is 17.7 Å². The summed E-state index contributed by atoms with van der Waals surface area (Å²) in [5.74, 6) is 0.306. The van der Waals surface area contributed by atoms with Crippen molar-refractivity contribution >= 4 is 23.6 Å². The van der Waals surface area contributed by atoms with Crippen molar-refractivity contribution in [2.45, 2.75) is 114 Å². The van der Waals surface area contributed by atoms with Gasteiger partial charge in [-0.3, -0.25) is 24.1 Å². The molecule has 8 rings (SSSR count). The van der Waals surface area contributed by atoms with Crippen molar-refractivity contribution in [1.29, 1.82) is 0 Å². The number of hydrogen-bond donors (Lipinski definition) is 2. The lowest BCUT2D eigenvalue weighted by Crippen LogP contribution is -2.61. The second-order valence-electron chi connectivity index (χ2n) is 15.8. The van der Waals surface area contributed by atoms with Crippen molar-refractivity contribution in [1.82, 2.24) is 30.2 Å². The minimum absolute atomic E-state index is 0.0275. The number of likely N-dealkylation sites (tertiary alicyclic amines) is 2. The molecule has 2 N–H and O–H groups in total. The number of halogens is 1. The third kappa shape index (κ3) is 7.82. The van der Waals surface area contributed by atoms with Gasteiger partial charge in [-0.1, -0.05) is 12.8 Å². The van der Waals surface area contributed by atoms with Crippen LogP contribution in [0.25, 0.3) is 0 Å². The van der Waals surface area contributed by atoms with Crippen molar-refractivity contribution in [2.75, 3.05) is 52.4 Å². The average molecular weight is 679 g/mol. The standard InChI is InChI=1S/C38H55FN6O4/c39-30-9-7-27(8-10-30)37(49)43-22-15-38(16-23-43)25-34(46)40-17-11-29-26-44(31-4-1-2-5-31)19-12-28(29)24-35(47)42-20-13-32(14-21-42)45-18-3-6-33(45)36(48)41-38/h7-10,28-29,31-33H,1-6,11-26H2,(H,40,46)(H,41,48)/t28-,29-,33-/m0/s1. The SMILES string of the molecule is O=C1CC2(CCN(C(=O)c3ccc(F)cc3)CC2)NC(=O)[C@@H]2CCCN2C2CCN(CC2)C(=O)C[C@@H]2CCN(C3CCCC3)C[C@@H]2CCN1. The Hall–Kier alpha value is -3.05. The number of nitrogens with one attached hydrogen (secondary N) is 2. The molecule has 268 valence electrons. The number of piperidine rings is 3. The quantitative estimate of drug-likeness (QED) is 0.496. The molecular formula is C38H55FN6O4. The summed E-state index contributed by atoms with van der Waals surface area (Å²) >= 11 is 0. The minimum atomic E-state index is -0.747. The third-order valence-corrected chi connectivity index (χ3v) is 12.9. The normalized spacial score (nSPS) is 30.1. The van der Waals surface area contributed by atoms with Crippen LogP contribution in [0.5, 0.6) is 0 Å². The van der Waals surface area contributed by atoms with E-state index in [2.05, 4.69) is 25.3 Å². The fourth-order valence-electron chi connectivity index (χ4n) is 9.98. The second kappa shape index (κ2) is 15.1. The van der Waals surface area contributed by atoms with E-state index in [0.29, 0.717) is 62.3 Å². The summed E-state index contributed by atoms with van der Waals surface area (Å²) in [5, 5.41) is 6.60. The van der Waals surface area contributed by atoms with Gasteiger partial charge in [0.15, 0.2) is 0 Å². The molecule has 4 amide bonds. The van der Waals surface area contributed by atoms with Crippen molar-refractivity contribution in [3.63, 3.8) is 0 Å². The fraction of sp³-hybridized carbons (Fsp3) is 0.737. The Morgan fingerprint density at radius 1 is 0.776 bits per heavy atom. The monoisotopic (exact) mass is 678 g/mol. The summed E-state index contributed by atoms with van der Waals surface area (Å²) in [6, 6.07) is 6.27. The Balaban J connectivity index is 1.08. The van der Waals surface area contributed by atoms with E-state index in [1.54, 1.807) is 4.90 Å². The van der Waals surface area contributed by atoms with Gasteiger partial charge in [-0.15, -0.1) is 0 Å². The summed E-state index contributed by atoms with van der Waals surface area (Å²) in [6.07, 6.45) is 12.2. The number of hydrogen-bond acceptors (Lipinski definition) is 6. The molecule has 6 heterocycles. The van der Waals surface area contributed by atoms with Crippen molar-refractivity contribution in [3.8, 4) is 0 Å². The van der Waals surface area contributed by atoms with E-state index in [4.69, 9.17) is 0 Å². The predicted octanol–water partition coefficient (Wildman–Crippen LogP) is 3.55. The van der Waals surface area contributed by atoms with E-state index in [1.807, 2.05) is 0 Å². The predicted molar refractivity (Wildman–Crippen MR) is 184 cm³/mol. The Kier molecular flexibility index (Phi) is 10.6. The molecule has 49 heavy (non-hydrogen) atoms. The Labute approximate surface area is 290 Å². The zero-order valence-corrected chi connectivity index (χ0v) is 29.1. The van der Waals surface area contributed by atoms with Crippen LogP contribution in [-0.4, -0.2) is 119 Å². The van der Waals surface area contributed by atoms with E-state index in [0.717, 1.165) is 71.2 Å². The van der Waals surface area contributed by atoms with Crippen LogP contribution in [0.15, 0.2) is 24.3 Å². The summed E-state index contributed by atoms with van der Waals surface area (Å²) in [7, 11) is 0. The van der Waals surface area contributed by atoms with Crippen LogP contribution in [0.4, 0.5) is 4.39 Å². The van der Waals surface area contributed by atoms with Crippen LogP contribution >= 0.6 is 0 Å². The summed E-state index contributed by atoms with van der Waals surface area (Å²) < 4.78 is 13.5. The summed E-state index contributed by atoms with van der Waals surface area (Å²) in [6.45, 7) is 5.78. The number of benzene rings is 1. The Morgan fingerprint density at radius 2 is 1.51 bits per heavy atom. The number of fused-ring (bicyclic) bond motifs is 8. The molecule has 7 fully saturated rings. The number of carbonyl (C=O) groups excluding carboxylic acids is 4. The molecule has 0 aromatic heterocycles. The lowest BCUT2D eigenvalue weighted by atomic mass is 9.80. The first-order chi connectivity index (χ1) is 23.8. The topological polar surface area (TPSA) is 105 Å². The van der Waals surface area contributed by atoms with Gasteiger partial charge in [0.05, 0.1) is 11.6 Å². The van der Waals surface area contributed by atoms with Crippen LogP contribution in [0, 0.1) is 17.7 Å². The molecule has 6 aliphatic heterocycles. The number of nitrogens with zero attached hydrogens (tertiary/aromatic N) is 4. The minimum Gasteiger partial charge on any atom is -0.356 e. The molecule has 0 unspecified atom stereocenters. The van der Waals surface area contributed by atoms with E-state index in [-0.39, 0.29) is 48.0 Å². The second-order valence-corrected chi connectivity index (χ2v) is 15.8. The van der Waals surface area contributed by atoms with Crippen LogP contribution in [0.1, 0.15) is 100 Å². The molecule has 6 saturated heterocycles. The molecule has 1 aromatic rings. The maximum absolute atomic E-state index is 14.1. The van der Waals surface area contributed by atoms with E-state index >= 15 is 0 Å². The molecule has 1 saturated carbocycles. The molecule has 10 nitrogen and oxygen atoms in total. The molecular weight excluding hydrogens is 623 g/mol. The van der Waals surface area contributed by atoms with Crippen LogP contribution in [0.3, 0.4) is 0 Å². The highest BCUT2D eigenvalue weighted by Gasteiger charge is 2.44. The molecule has 1 aromatic carbocycles. The lowest BCUT2D eigenvalue weighted by molar-refractivity contribution is -0.136. The maximum Gasteiger partial charge on any atom is 0.253 e. The van der Waals surface area contributed by atoms with Gasteiger partial charge in [0.25, 0.3) is 5.91 Å². The van der Waals surface area contributed by atoms with Gasteiger partial charge in [-0.25, -0.2) is 4.39 Å². The highest BCUT2D eigenvalue weighted by Crippen LogP contribution is 2.35. The van der Waals surface area contributed by atoms with Crippen molar-refractivity contribution in [2.24, 2.45) is 11.8 Å². The Morgan fingerprint density at radius 3 is 2.24 bits per heavy atom. The highest BCUT2D eigenvalue weighted by atomic mass is 19.1. The van der Waals surface area contributed by atoms with Gasteiger partial charge in [0, 0.05) is 69.8 Å². The molecule has 2 bridgehead atoms. The summed E-state index contributed by atoms with van der Waals surface area (Å²) in [5.41, 5.74) is -0.311. The van der Waals surface area contributed by atoms with E-state index < -0.39 is 5.54 Å². The van der Waals surface area contributed by atoms with Crippen molar-refractivity contribution in [3.05, 3.63) is 35.6 Å². The fourth-order valence-corrected chi connectivity index (χ4v) is 9.98. The first kappa shape index (κ1) is 34.4. The lowest BCUT2D eigenvalue weighted by Gasteiger charge is -2.45. The van der Waals surface area contributed by atoms with Crippen LogP contribution in [-0.2, 0) is 14.4 Å². The molecule has 1 spiro atoms. The summed E-state index contributed by atoms with van der Waals surface area (Å²) in [4.78, 5) is 63.5. The van der Waals surface area contributed by atoms with E-state index in [1.165, 1.54) is 49.9 Å². The molecule has 7 aliphatic rings. The van der Waals surface area contributed by atoms with Gasteiger partial charge in [-0.2, -0.15) is 0 Å². The van der Waals surface area contributed by atoms with Gasteiger partial charge < -0.3 is 25.3 Å². The zero-order valence-electron chi connectivity index (χ0n) is 29.1. The van der Waals surface area contributed by atoms with Gasteiger partial charge in [-0.05, 0) is 113 Å². The van der Waals surface area contributed by atoms with Crippen molar-refractivity contribution < 1.29 is 23.6 Å². The third-order valence-electron chi connectivity index (χ3n) is 12.9.